The van der Waals surface area contributed by atoms with Gasteiger partial charge in [-0.1, -0.05) is 17.7 Å². The zero-order chi connectivity index (χ0) is 18.0. The van der Waals surface area contributed by atoms with Gasteiger partial charge in [-0.3, -0.25) is 9.59 Å². The van der Waals surface area contributed by atoms with E-state index in [0.29, 0.717) is 18.7 Å². The number of nitrogens with zero attached hydrogens (tertiary/aromatic N) is 1. The fourth-order valence-corrected chi connectivity index (χ4v) is 2.96. The number of hydrogen-bond donors (Lipinski definition) is 2. The molecule has 1 aliphatic rings. The van der Waals surface area contributed by atoms with Gasteiger partial charge in [0.1, 0.15) is 17.3 Å². The van der Waals surface area contributed by atoms with Crippen molar-refractivity contribution in [2.45, 2.75) is 25.9 Å². The number of benzene rings is 1. The van der Waals surface area contributed by atoms with Crippen LogP contribution in [-0.4, -0.2) is 30.0 Å². The number of carbonyl (C=O) groups excluding carboxylic acids is 2. The normalized spacial score (nSPS) is 19.7. The molecule has 1 aliphatic heterocycles. The molecule has 132 valence electrons. The van der Waals surface area contributed by atoms with E-state index < -0.39 is 11.5 Å². The van der Waals surface area contributed by atoms with Crippen LogP contribution in [0.15, 0.2) is 47.1 Å². The number of aryl methyl sites for hydroxylation is 1. The molecule has 6 nitrogen and oxygen atoms in total. The van der Waals surface area contributed by atoms with Crippen molar-refractivity contribution in [1.82, 2.24) is 5.32 Å². The molecule has 0 radical (unpaired) electrons. The van der Waals surface area contributed by atoms with E-state index in [-0.39, 0.29) is 18.4 Å². The van der Waals surface area contributed by atoms with Gasteiger partial charge < -0.3 is 19.7 Å². The highest BCUT2D eigenvalue weighted by Crippen LogP contribution is 2.26. The van der Waals surface area contributed by atoms with Crippen LogP contribution < -0.4 is 10.2 Å². The molecule has 2 amide bonds. The summed E-state index contributed by atoms with van der Waals surface area (Å²) in [5.41, 5.74) is 0.593. The van der Waals surface area contributed by atoms with E-state index in [0.717, 1.165) is 11.3 Å². The molecule has 2 unspecified atom stereocenters. The third-order valence-electron chi connectivity index (χ3n) is 4.53. The fraction of sp³-hybridized carbons (Fsp3) is 0.368. The maximum atomic E-state index is 12.6. The van der Waals surface area contributed by atoms with Gasteiger partial charge in [0.15, 0.2) is 0 Å². The average molecular weight is 342 g/mol. The van der Waals surface area contributed by atoms with E-state index in [1.54, 1.807) is 24.0 Å². The minimum absolute atomic E-state index is 0.0202. The standard InChI is InChI=1S/C19H22N2O4/c1-13-5-7-14(8-6-13)21-10-9-15(18(21)23)17(22)20-12-19(2,24)16-4-3-11-25-16/h3-8,11,15,24H,9-10,12H2,1-2H3,(H,20,22). The Morgan fingerprint density at radius 3 is 2.72 bits per heavy atom. The van der Waals surface area contributed by atoms with Crippen molar-refractivity contribution < 1.29 is 19.1 Å². The van der Waals surface area contributed by atoms with Crippen LogP contribution in [0.25, 0.3) is 0 Å². The molecule has 6 heteroatoms. The van der Waals surface area contributed by atoms with Crippen molar-refractivity contribution in [2.24, 2.45) is 5.92 Å². The monoisotopic (exact) mass is 342 g/mol. The van der Waals surface area contributed by atoms with Crippen molar-refractivity contribution >= 4 is 17.5 Å². The fourth-order valence-electron chi connectivity index (χ4n) is 2.96. The Morgan fingerprint density at radius 2 is 2.08 bits per heavy atom. The molecule has 1 aromatic heterocycles. The summed E-state index contributed by atoms with van der Waals surface area (Å²) in [6.07, 6.45) is 1.92. The first-order chi connectivity index (χ1) is 11.9. The maximum Gasteiger partial charge on any atom is 0.239 e. The van der Waals surface area contributed by atoms with Crippen LogP contribution >= 0.6 is 0 Å². The smallest absolute Gasteiger partial charge is 0.239 e. The molecule has 0 saturated carbocycles. The first-order valence-corrected chi connectivity index (χ1v) is 8.30. The molecule has 3 rings (SSSR count). The van der Waals surface area contributed by atoms with Crippen LogP contribution in [0.5, 0.6) is 0 Å². The predicted octanol–water partition coefficient (Wildman–Crippen LogP) is 1.96. The Labute approximate surface area is 146 Å². The van der Waals surface area contributed by atoms with Gasteiger partial charge in [-0.15, -0.1) is 0 Å². The Morgan fingerprint density at radius 1 is 1.36 bits per heavy atom. The van der Waals surface area contributed by atoms with Gasteiger partial charge in [0.05, 0.1) is 12.8 Å². The number of amides is 2. The van der Waals surface area contributed by atoms with Crippen LogP contribution in [0, 0.1) is 12.8 Å². The lowest BCUT2D eigenvalue weighted by molar-refractivity contribution is -0.133. The molecule has 0 aliphatic carbocycles. The van der Waals surface area contributed by atoms with Gasteiger partial charge in [-0.2, -0.15) is 0 Å². The zero-order valence-electron chi connectivity index (χ0n) is 14.4. The Bertz CT molecular complexity index is 750. The van der Waals surface area contributed by atoms with Crippen LogP contribution in [0.1, 0.15) is 24.7 Å². The molecular weight excluding hydrogens is 320 g/mol. The number of anilines is 1. The van der Waals surface area contributed by atoms with Gasteiger partial charge in [0.2, 0.25) is 11.8 Å². The second-order valence-corrected chi connectivity index (χ2v) is 6.64. The minimum Gasteiger partial charge on any atom is -0.466 e. The third-order valence-corrected chi connectivity index (χ3v) is 4.53. The summed E-state index contributed by atoms with van der Waals surface area (Å²) >= 11 is 0. The van der Waals surface area contributed by atoms with Gasteiger partial charge >= 0.3 is 0 Å². The molecule has 2 atom stereocenters. The van der Waals surface area contributed by atoms with E-state index in [2.05, 4.69) is 5.32 Å². The summed E-state index contributed by atoms with van der Waals surface area (Å²) in [5, 5.41) is 13.1. The van der Waals surface area contributed by atoms with Crippen molar-refractivity contribution in [3.63, 3.8) is 0 Å². The topological polar surface area (TPSA) is 82.8 Å². The molecule has 2 heterocycles. The second kappa shape index (κ2) is 6.72. The highest BCUT2D eigenvalue weighted by Gasteiger charge is 2.38. The number of hydrogen-bond acceptors (Lipinski definition) is 4. The molecule has 1 saturated heterocycles. The molecule has 1 fully saturated rings. The van der Waals surface area contributed by atoms with Gasteiger partial charge in [0.25, 0.3) is 0 Å². The Kier molecular flexibility index (Phi) is 4.63. The summed E-state index contributed by atoms with van der Waals surface area (Å²) in [6.45, 7) is 4.03. The van der Waals surface area contributed by atoms with E-state index in [1.165, 1.54) is 6.26 Å². The number of rotatable bonds is 5. The lowest BCUT2D eigenvalue weighted by atomic mass is 10.0. The third kappa shape index (κ3) is 3.58. The quantitative estimate of drug-likeness (QED) is 0.814. The Hall–Kier alpha value is -2.60. The summed E-state index contributed by atoms with van der Waals surface area (Å²) in [5.74, 6) is -0.939. The molecule has 25 heavy (non-hydrogen) atoms. The first kappa shape index (κ1) is 17.2. The first-order valence-electron chi connectivity index (χ1n) is 8.30. The van der Waals surface area contributed by atoms with Crippen molar-refractivity contribution in [2.75, 3.05) is 18.0 Å². The van der Waals surface area contributed by atoms with Crippen LogP contribution in [0.4, 0.5) is 5.69 Å². The second-order valence-electron chi connectivity index (χ2n) is 6.64. The number of nitrogens with one attached hydrogen (secondary N) is 1. The zero-order valence-corrected chi connectivity index (χ0v) is 14.4. The van der Waals surface area contributed by atoms with E-state index in [1.807, 2.05) is 31.2 Å². The minimum atomic E-state index is -1.32. The summed E-state index contributed by atoms with van der Waals surface area (Å²) in [7, 11) is 0. The highest BCUT2D eigenvalue weighted by molar-refractivity contribution is 6.09. The number of furan rings is 1. The summed E-state index contributed by atoms with van der Waals surface area (Å²) in [6, 6.07) is 11.0. The number of aliphatic hydroxyl groups is 1. The van der Waals surface area contributed by atoms with Crippen molar-refractivity contribution in [1.29, 1.82) is 0 Å². The van der Waals surface area contributed by atoms with Gasteiger partial charge in [-0.05, 0) is 44.5 Å². The SMILES string of the molecule is Cc1ccc(N2CCC(C(=O)NCC(C)(O)c3ccco3)C2=O)cc1. The van der Waals surface area contributed by atoms with Gasteiger partial charge in [-0.25, -0.2) is 0 Å². The lowest BCUT2D eigenvalue weighted by Crippen LogP contribution is -2.43. The Balaban J connectivity index is 1.62. The number of carbonyl (C=O) groups is 2. The average Bonchev–Trinajstić information content (AvgIpc) is 3.24. The molecule has 2 N–H and O–H groups in total. The van der Waals surface area contributed by atoms with E-state index >= 15 is 0 Å². The molecule has 2 aromatic rings. The molecule has 0 spiro atoms. The van der Waals surface area contributed by atoms with Crippen molar-refractivity contribution in [3.05, 3.63) is 54.0 Å². The highest BCUT2D eigenvalue weighted by atomic mass is 16.4. The van der Waals surface area contributed by atoms with E-state index in [4.69, 9.17) is 4.42 Å². The van der Waals surface area contributed by atoms with Gasteiger partial charge in [0, 0.05) is 12.2 Å². The molecule has 0 bridgehead atoms. The largest absolute Gasteiger partial charge is 0.466 e. The van der Waals surface area contributed by atoms with Crippen LogP contribution in [0.3, 0.4) is 0 Å². The van der Waals surface area contributed by atoms with E-state index in [9.17, 15) is 14.7 Å². The summed E-state index contributed by atoms with van der Waals surface area (Å²) < 4.78 is 5.19. The van der Waals surface area contributed by atoms with Crippen molar-refractivity contribution in [3.8, 4) is 0 Å². The lowest BCUT2D eigenvalue weighted by Gasteiger charge is -2.22. The molecular formula is C19H22N2O4. The van der Waals surface area contributed by atoms with Crippen LogP contribution in [-0.2, 0) is 15.2 Å². The predicted molar refractivity (Wildman–Crippen MR) is 92.9 cm³/mol. The molecule has 1 aromatic carbocycles. The maximum absolute atomic E-state index is 12.6. The summed E-state index contributed by atoms with van der Waals surface area (Å²) in [4.78, 5) is 26.6. The van der Waals surface area contributed by atoms with Crippen LogP contribution in [0.2, 0.25) is 0 Å².